The quantitative estimate of drug-likeness (QED) is 0.416. The van der Waals surface area contributed by atoms with Crippen molar-refractivity contribution >= 4 is 34.5 Å². The minimum atomic E-state index is -0.215. The van der Waals surface area contributed by atoms with E-state index in [1.54, 1.807) is 23.1 Å². The van der Waals surface area contributed by atoms with E-state index in [2.05, 4.69) is 38.6 Å². The molecule has 8 heteroatoms. The second kappa shape index (κ2) is 9.83. The Balaban J connectivity index is 1.34. The van der Waals surface area contributed by atoms with Crippen molar-refractivity contribution in [1.82, 2.24) is 19.9 Å². The van der Waals surface area contributed by atoms with E-state index in [-0.39, 0.29) is 5.91 Å². The van der Waals surface area contributed by atoms with Crippen LogP contribution < -0.4 is 15.5 Å². The standard InChI is InChI=1S/C26H27ClN6O/c1-2-28-21-11-13-32(14-12-21)24-6-4-3-5-23(24)31-26(34)19-15-29-25-22(16-30-33(25)17-19)18-7-9-20(27)10-8-18/h3-10,15-17,21,28H,2,11-14H2,1H3,(H,31,34). The van der Waals surface area contributed by atoms with Gasteiger partial charge in [-0.15, -0.1) is 0 Å². The third-order valence-electron chi connectivity index (χ3n) is 6.25. The van der Waals surface area contributed by atoms with Gasteiger partial charge in [-0.3, -0.25) is 4.79 Å². The molecule has 0 bridgehead atoms. The summed E-state index contributed by atoms with van der Waals surface area (Å²) in [5.74, 6) is -0.215. The predicted octanol–water partition coefficient (Wildman–Crippen LogP) is 4.88. The summed E-state index contributed by atoms with van der Waals surface area (Å²) in [6.45, 7) is 5.05. The van der Waals surface area contributed by atoms with Crippen LogP contribution in [0.5, 0.6) is 0 Å². The Labute approximate surface area is 203 Å². The summed E-state index contributed by atoms with van der Waals surface area (Å²) in [7, 11) is 0. The average Bonchev–Trinajstić information content (AvgIpc) is 3.29. The lowest BCUT2D eigenvalue weighted by Crippen LogP contribution is -2.42. The molecule has 4 aromatic rings. The molecule has 1 saturated heterocycles. The Hall–Kier alpha value is -3.42. The summed E-state index contributed by atoms with van der Waals surface area (Å²) in [4.78, 5) is 20.0. The molecular formula is C26H27ClN6O. The number of carbonyl (C=O) groups is 1. The van der Waals surface area contributed by atoms with Gasteiger partial charge < -0.3 is 15.5 Å². The molecular weight excluding hydrogens is 448 g/mol. The lowest BCUT2D eigenvalue weighted by atomic mass is 10.0. The van der Waals surface area contributed by atoms with E-state index < -0.39 is 0 Å². The SMILES string of the molecule is CCNC1CCN(c2ccccc2NC(=O)c2cnc3c(-c4ccc(Cl)cc4)cnn3c2)CC1. The summed E-state index contributed by atoms with van der Waals surface area (Å²) in [6.07, 6.45) is 7.23. The zero-order valence-corrected chi connectivity index (χ0v) is 19.8. The molecule has 34 heavy (non-hydrogen) atoms. The van der Waals surface area contributed by atoms with E-state index in [9.17, 15) is 4.79 Å². The number of hydrogen-bond donors (Lipinski definition) is 2. The van der Waals surface area contributed by atoms with Crippen LogP contribution in [0.15, 0.2) is 67.1 Å². The molecule has 1 aliphatic heterocycles. The lowest BCUT2D eigenvalue weighted by Gasteiger charge is -2.35. The van der Waals surface area contributed by atoms with Gasteiger partial charge in [0.25, 0.3) is 5.91 Å². The number of nitrogens with zero attached hydrogens (tertiary/aromatic N) is 4. The number of fused-ring (bicyclic) bond motifs is 1. The number of piperidine rings is 1. The van der Waals surface area contributed by atoms with E-state index in [1.165, 1.54) is 0 Å². The van der Waals surface area contributed by atoms with Crippen LogP contribution in [0.4, 0.5) is 11.4 Å². The molecule has 0 spiro atoms. The van der Waals surface area contributed by atoms with Gasteiger partial charge in [-0.25, -0.2) is 9.50 Å². The first-order valence-electron chi connectivity index (χ1n) is 11.6. The molecule has 174 valence electrons. The highest BCUT2D eigenvalue weighted by atomic mass is 35.5. The number of anilines is 2. The molecule has 7 nitrogen and oxygen atoms in total. The van der Waals surface area contributed by atoms with Crippen LogP contribution in [0, 0.1) is 0 Å². The molecule has 0 saturated carbocycles. The molecule has 5 rings (SSSR count). The topological polar surface area (TPSA) is 74.6 Å². The molecule has 2 N–H and O–H groups in total. The minimum Gasteiger partial charge on any atom is -0.370 e. The van der Waals surface area contributed by atoms with Crippen LogP contribution in [0.2, 0.25) is 5.02 Å². The first-order valence-corrected chi connectivity index (χ1v) is 12.0. The zero-order valence-electron chi connectivity index (χ0n) is 19.0. The lowest BCUT2D eigenvalue weighted by molar-refractivity contribution is 0.102. The summed E-state index contributed by atoms with van der Waals surface area (Å²) in [5.41, 5.74) is 4.83. The van der Waals surface area contributed by atoms with Gasteiger partial charge >= 0.3 is 0 Å². The van der Waals surface area contributed by atoms with Gasteiger partial charge in [0.1, 0.15) is 0 Å². The van der Waals surface area contributed by atoms with Crippen LogP contribution in [0.25, 0.3) is 16.8 Å². The maximum Gasteiger partial charge on any atom is 0.258 e. The Kier molecular flexibility index (Phi) is 6.47. The Bertz CT molecular complexity index is 1290. The number of para-hydroxylation sites is 2. The average molecular weight is 475 g/mol. The second-order valence-corrected chi connectivity index (χ2v) is 8.90. The first-order chi connectivity index (χ1) is 16.6. The smallest absolute Gasteiger partial charge is 0.258 e. The highest BCUT2D eigenvalue weighted by molar-refractivity contribution is 6.30. The van der Waals surface area contributed by atoms with Gasteiger partial charge in [0.15, 0.2) is 5.65 Å². The van der Waals surface area contributed by atoms with Crippen molar-refractivity contribution in [1.29, 1.82) is 0 Å². The van der Waals surface area contributed by atoms with Crippen molar-refractivity contribution in [3.05, 3.63) is 77.7 Å². The third kappa shape index (κ3) is 4.62. The fourth-order valence-corrected chi connectivity index (χ4v) is 4.61. The van der Waals surface area contributed by atoms with Crippen LogP contribution in [-0.4, -0.2) is 46.2 Å². The highest BCUT2D eigenvalue weighted by Crippen LogP contribution is 2.29. The van der Waals surface area contributed by atoms with Crippen molar-refractivity contribution in [3.8, 4) is 11.1 Å². The number of amides is 1. The van der Waals surface area contributed by atoms with E-state index >= 15 is 0 Å². The first kappa shape index (κ1) is 22.4. The van der Waals surface area contributed by atoms with Crippen LogP contribution in [-0.2, 0) is 0 Å². The zero-order chi connectivity index (χ0) is 23.5. The Morgan fingerprint density at radius 3 is 2.62 bits per heavy atom. The number of aromatic nitrogens is 3. The molecule has 0 aliphatic carbocycles. The Morgan fingerprint density at radius 1 is 1.09 bits per heavy atom. The molecule has 0 radical (unpaired) electrons. The normalized spacial score (nSPS) is 14.5. The fraction of sp³-hybridized carbons (Fsp3) is 0.269. The number of rotatable bonds is 6. The van der Waals surface area contributed by atoms with Crippen LogP contribution in [0.1, 0.15) is 30.1 Å². The van der Waals surface area contributed by atoms with Crippen molar-refractivity contribution in [2.24, 2.45) is 0 Å². The number of nitrogens with one attached hydrogen (secondary N) is 2. The summed E-state index contributed by atoms with van der Waals surface area (Å²) >= 11 is 6.01. The van der Waals surface area contributed by atoms with E-state index in [0.717, 1.165) is 55.0 Å². The van der Waals surface area contributed by atoms with E-state index in [1.807, 2.05) is 42.5 Å². The fourth-order valence-electron chi connectivity index (χ4n) is 4.49. The highest BCUT2D eigenvalue weighted by Gasteiger charge is 2.21. The minimum absolute atomic E-state index is 0.215. The number of hydrogen-bond acceptors (Lipinski definition) is 5. The molecule has 0 unspecified atom stereocenters. The van der Waals surface area contributed by atoms with E-state index in [4.69, 9.17) is 11.6 Å². The second-order valence-electron chi connectivity index (χ2n) is 8.47. The molecule has 2 aromatic carbocycles. The maximum atomic E-state index is 13.1. The van der Waals surface area contributed by atoms with Gasteiger partial charge in [0.2, 0.25) is 0 Å². The summed E-state index contributed by atoms with van der Waals surface area (Å²) in [6, 6.07) is 16.1. The van der Waals surface area contributed by atoms with Gasteiger partial charge in [-0.2, -0.15) is 5.10 Å². The molecule has 1 aliphatic rings. The van der Waals surface area contributed by atoms with Crippen molar-refractivity contribution in [3.63, 3.8) is 0 Å². The van der Waals surface area contributed by atoms with Crippen molar-refractivity contribution < 1.29 is 4.79 Å². The molecule has 1 amide bonds. The van der Waals surface area contributed by atoms with Crippen molar-refractivity contribution in [2.75, 3.05) is 29.9 Å². The van der Waals surface area contributed by atoms with E-state index in [0.29, 0.717) is 22.3 Å². The van der Waals surface area contributed by atoms with Crippen molar-refractivity contribution in [2.45, 2.75) is 25.8 Å². The molecule has 2 aromatic heterocycles. The van der Waals surface area contributed by atoms with Gasteiger partial charge in [0, 0.05) is 42.1 Å². The monoisotopic (exact) mass is 474 g/mol. The van der Waals surface area contributed by atoms with Gasteiger partial charge in [-0.1, -0.05) is 42.8 Å². The third-order valence-corrected chi connectivity index (χ3v) is 6.51. The number of carbonyl (C=O) groups excluding carboxylic acids is 1. The predicted molar refractivity (Wildman–Crippen MR) is 137 cm³/mol. The summed E-state index contributed by atoms with van der Waals surface area (Å²) < 4.78 is 1.64. The largest absolute Gasteiger partial charge is 0.370 e. The molecule has 0 atom stereocenters. The maximum absolute atomic E-state index is 13.1. The van der Waals surface area contributed by atoms with Gasteiger partial charge in [0.05, 0.1) is 23.1 Å². The number of benzene rings is 2. The Morgan fingerprint density at radius 2 is 1.85 bits per heavy atom. The summed E-state index contributed by atoms with van der Waals surface area (Å²) in [5, 5.41) is 11.7. The van der Waals surface area contributed by atoms with Gasteiger partial charge in [-0.05, 0) is 49.2 Å². The molecule has 3 heterocycles. The molecule has 1 fully saturated rings. The number of halogens is 1. The van der Waals surface area contributed by atoms with Crippen LogP contribution >= 0.6 is 11.6 Å². The van der Waals surface area contributed by atoms with Crippen LogP contribution in [0.3, 0.4) is 0 Å².